The molecular formula is C13H11BrO4. The molecule has 0 saturated heterocycles. The fourth-order valence-electron chi connectivity index (χ4n) is 1.69. The van der Waals surface area contributed by atoms with Gasteiger partial charge in [-0.25, -0.2) is 0 Å². The largest absolute Gasteiger partial charge is 0.469 e. The molecule has 0 aliphatic rings. The highest BCUT2D eigenvalue weighted by Crippen LogP contribution is 2.24. The smallest absolute Gasteiger partial charge is 0.310 e. The van der Waals surface area contributed by atoms with Crippen molar-refractivity contribution in [2.75, 3.05) is 12.4 Å². The molecule has 1 aromatic carbocycles. The molecule has 18 heavy (non-hydrogen) atoms. The quantitative estimate of drug-likeness (QED) is 0.495. The molecule has 2 aromatic rings. The third-order valence-electron chi connectivity index (χ3n) is 2.58. The van der Waals surface area contributed by atoms with Crippen molar-refractivity contribution in [1.82, 2.24) is 0 Å². The number of fused-ring (bicyclic) bond motifs is 1. The lowest BCUT2D eigenvalue weighted by Gasteiger charge is -2.00. The number of ketones is 1. The molecular weight excluding hydrogens is 300 g/mol. The van der Waals surface area contributed by atoms with E-state index in [4.69, 9.17) is 4.42 Å². The number of halogens is 1. The zero-order valence-electron chi connectivity index (χ0n) is 9.73. The maximum absolute atomic E-state index is 11.5. The number of carbonyl (C=O) groups excluding carboxylic acids is 2. The van der Waals surface area contributed by atoms with Gasteiger partial charge in [-0.1, -0.05) is 34.1 Å². The first-order valence-electron chi connectivity index (χ1n) is 5.33. The van der Waals surface area contributed by atoms with E-state index >= 15 is 0 Å². The highest BCUT2D eigenvalue weighted by molar-refractivity contribution is 9.09. The summed E-state index contributed by atoms with van der Waals surface area (Å²) in [7, 11) is 1.34. The topological polar surface area (TPSA) is 56.5 Å². The summed E-state index contributed by atoms with van der Waals surface area (Å²) in [4.78, 5) is 22.8. The first kappa shape index (κ1) is 12.8. The van der Waals surface area contributed by atoms with Crippen molar-refractivity contribution >= 4 is 38.7 Å². The summed E-state index contributed by atoms with van der Waals surface area (Å²) < 4.78 is 10.1. The summed E-state index contributed by atoms with van der Waals surface area (Å²) >= 11 is 3.10. The molecule has 1 aromatic heterocycles. The Kier molecular flexibility index (Phi) is 3.81. The van der Waals surface area contributed by atoms with Crippen LogP contribution in [0.4, 0.5) is 0 Å². The first-order valence-corrected chi connectivity index (χ1v) is 6.45. The highest BCUT2D eigenvalue weighted by atomic mass is 79.9. The van der Waals surface area contributed by atoms with Gasteiger partial charge in [-0.2, -0.15) is 0 Å². The summed E-state index contributed by atoms with van der Waals surface area (Å²) in [6.45, 7) is 0. The molecule has 4 nitrogen and oxygen atoms in total. The van der Waals surface area contributed by atoms with E-state index in [0.717, 1.165) is 5.39 Å². The van der Waals surface area contributed by atoms with Crippen molar-refractivity contribution in [2.45, 2.75) is 6.42 Å². The Hall–Kier alpha value is -1.62. The van der Waals surface area contributed by atoms with Crippen LogP contribution in [0, 0.1) is 0 Å². The van der Waals surface area contributed by atoms with Gasteiger partial charge in [0.25, 0.3) is 0 Å². The van der Waals surface area contributed by atoms with Crippen molar-refractivity contribution in [3.8, 4) is 0 Å². The second kappa shape index (κ2) is 5.35. The van der Waals surface area contributed by atoms with Gasteiger partial charge in [-0.3, -0.25) is 9.59 Å². The molecule has 0 aliphatic carbocycles. The number of benzene rings is 1. The summed E-state index contributed by atoms with van der Waals surface area (Å²) in [5, 5.41) is 1.01. The van der Waals surface area contributed by atoms with Gasteiger partial charge in [0.05, 0.1) is 18.9 Å². The Morgan fingerprint density at radius 1 is 1.39 bits per heavy atom. The first-order chi connectivity index (χ1) is 8.65. The summed E-state index contributed by atoms with van der Waals surface area (Å²) in [6, 6.07) is 7.12. The van der Waals surface area contributed by atoms with E-state index in [1.165, 1.54) is 7.11 Å². The van der Waals surface area contributed by atoms with Gasteiger partial charge >= 0.3 is 5.97 Å². The average molecular weight is 311 g/mol. The predicted molar refractivity (Wildman–Crippen MR) is 70.1 cm³/mol. The SMILES string of the molecule is COC(=O)Cc1cccc2cc(C(=O)CBr)oc12. The molecule has 1 heterocycles. The molecule has 0 spiro atoms. The number of hydrogen-bond acceptors (Lipinski definition) is 4. The lowest BCUT2D eigenvalue weighted by Crippen LogP contribution is -2.04. The van der Waals surface area contributed by atoms with Crippen LogP contribution in [-0.4, -0.2) is 24.2 Å². The Balaban J connectivity index is 2.45. The van der Waals surface area contributed by atoms with E-state index in [9.17, 15) is 9.59 Å². The minimum Gasteiger partial charge on any atom is -0.469 e. The van der Waals surface area contributed by atoms with Crippen LogP contribution in [0.15, 0.2) is 28.7 Å². The van der Waals surface area contributed by atoms with Crippen LogP contribution in [0.5, 0.6) is 0 Å². The van der Waals surface area contributed by atoms with E-state index in [-0.39, 0.29) is 23.5 Å². The number of esters is 1. The van der Waals surface area contributed by atoms with Crippen LogP contribution in [0.25, 0.3) is 11.0 Å². The van der Waals surface area contributed by atoms with Crippen LogP contribution in [0.2, 0.25) is 0 Å². The lowest BCUT2D eigenvalue weighted by molar-refractivity contribution is -0.139. The van der Waals surface area contributed by atoms with Crippen LogP contribution in [0.1, 0.15) is 16.1 Å². The summed E-state index contributed by atoms with van der Waals surface area (Å²) in [5.74, 6) is -0.179. The van der Waals surface area contributed by atoms with Crippen LogP contribution >= 0.6 is 15.9 Å². The number of alkyl halides is 1. The molecule has 0 N–H and O–H groups in total. The molecule has 5 heteroatoms. The fourth-order valence-corrected chi connectivity index (χ4v) is 1.97. The zero-order valence-corrected chi connectivity index (χ0v) is 11.3. The van der Waals surface area contributed by atoms with Crippen molar-refractivity contribution in [2.24, 2.45) is 0 Å². The molecule has 94 valence electrons. The molecule has 0 aliphatic heterocycles. The predicted octanol–water partition coefficient (Wildman–Crippen LogP) is 2.73. The Morgan fingerprint density at radius 2 is 2.17 bits per heavy atom. The van der Waals surface area contributed by atoms with E-state index < -0.39 is 0 Å². The van der Waals surface area contributed by atoms with Gasteiger partial charge in [0.15, 0.2) is 5.76 Å². The van der Waals surface area contributed by atoms with Gasteiger partial charge in [0.1, 0.15) is 5.58 Å². The molecule has 2 rings (SSSR count). The number of hydrogen-bond donors (Lipinski definition) is 0. The molecule has 0 amide bonds. The molecule has 0 radical (unpaired) electrons. The lowest BCUT2D eigenvalue weighted by atomic mass is 10.1. The van der Waals surface area contributed by atoms with Crippen molar-refractivity contribution in [3.63, 3.8) is 0 Å². The normalized spacial score (nSPS) is 10.6. The average Bonchev–Trinajstić information content (AvgIpc) is 2.82. The van der Waals surface area contributed by atoms with Gasteiger partial charge in [-0.05, 0) is 6.07 Å². The summed E-state index contributed by atoms with van der Waals surface area (Å²) in [5.41, 5.74) is 1.28. The van der Waals surface area contributed by atoms with Crippen molar-refractivity contribution < 1.29 is 18.7 Å². The number of para-hydroxylation sites is 1. The maximum atomic E-state index is 11.5. The minimum absolute atomic E-state index is 0.128. The Morgan fingerprint density at radius 3 is 2.83 bits per heavy atom. The van der Waals surface area contributed by atoms with Gasteiger partial charge < -0.3 is 9.15 Å². The Labute approximate surface area is 112 Å². The van der Waals surface area contributed by atoms with E-state index in [2.05, 4.69) is 20.7 Å². The van der Waals surface area contributed by atoms with Gasteiger partial charge in [0, 0.05) is 10.9 Å². The molecule has 0 saturated carbocycles. The van der Waals surface area contributed by atoms with E-state index in [0.29, 0.717) is 16.9 Å². The zero-order chi connectivity index (χ0) is 13.1. The number of Topliss-reactive ketones (excluding diaryl/α,β-unsaturated/α-hetero) is 1. The second-order valence-corrected chi connectivity index (χ2v) is 4.32. The number of carbonyl (C=O) groups is 2. The maximum Gasteiger partial charge on any atom is 0.310 e. The van der Waals surface area contributed by atoms with Crippen LogP contribution < -0.4 is 0 Å². The highest BCUT2D eigenvalue weighted by Gasteiger charge is 2.14. The van der Waals surface area contributed by atoms with E-state index in [1.54, 1.807) is 12.1 Å². The van der Waals surface area contributed by atoms with Crippen molar-refractivity contribution in [3.05, 3.63) is 35.6 Å². The van der Waals surface area contributed by atoms with Crippen LogP contribution in [0.3, 0.4) is 0 Å². The number of ether oxygens (including phenoxy) is 1. The van der Waals surface area contributed by atoms with Gasteiger partial charge in [0.2, 0.25) is 5.78 Å². The Bertz CT molecular complexity index is 600. The number of methoxy groups -OCH3 is 1. The summed E-state index contributed by atoms with van der Waals surface area (Å²) in [6.07, 6.45) is 0.128. The molecule has 0 fully saturated rings. The standard InChI is InChI=1S/C13H11BrO4/c1-17-12(16)6-9-4-2-3-8-5-11(10(15)7-14)18-13(8)9/h2-5H,6-7H2,1H3. The number of rotatable bonds is 4. The minimum atomic E-state index is -0.340. The molecule has 0 bridgehead atoms. The fraction of sp³-hybridized carbons (Fsp3) is 0.231. The van der Waals surface area contributed by atoms with E-state index in [1.807, 2.05) is 12.1 Å². The van der Waals surface area contributed by atoms with Crippen LogP contribution in [-0.2, 0) is 16.0 Å². The third-order valence-corrected chi connectivity index (χ3v) is 3.09. The third kappa shape index (κ3) is 2.46. The molecule has 0 atom stereocenters. The van der Waals surface area contributed by atoms with Crippen molar-refractivity contribution in [1.29, 1.82) is 0 Å². The molecule has 0 unspecified atom stereocenters. The van der Waals surface area contributed by atoms with Gasteiger partial charge in [-0.15, -0.1) is 0 Å². The number of furan rings is 1. The monoisotopic (exact) mass is 310 g/mol. The second-order valence-electron chi connectivity index (χ2n) is 3.76.